The highest BCUT2D eigenvalue weighted by Gasteiger charge is 2.59. The number of hydrogen-bond acceptors (Lipinski definition) is 3. The molecule has 5 atom stereocenters. The number of pyridine rings is 1. The number of aliphatic hydroxyl groups excluding tert-OH is 1. The zero-order chi connectivity index (χ0) is 29.1. The molecule has 3 saturated heterocycles. The maximum atomic E-state index is 13.7. The quantitative estimate of drug-likeness (QED) is 0.194. The first-order chi connectivity index (χ1) is 18.7. The van der Waals surface area contributed by atoms with E-state index in [1.807, 2.05) is 6.08 Å². The first-order valence-corrected chi connectivity index (χ1v) is 13.1. The summed E-state index contributed by atoms with van der Waals surface area (Å²) in [4.78, 5) is 4.38. The van der Waals surface area contributed by atoms with Gasteiger partial charge in [-0.3, -0.25) is 4.98 Å². The van der Waals surface area contributed by atoms with Crippen molar-refractivity contribution < 1.29 is 40.7 Å². The molecule has 3 aromatic rings. The third-order valence-corrected chi connectivity index (χ3v) is 9.06. The maximum Gasteiger partial charge on any atom is 0.416 e. The molecule has 0 saturated carbocycles. The summed E-state index contributed by atoms with van der Waals surface area (Å²) < 4.78 is 87.5. The Morgan fingerprint density at radius 1 is 1.10 bits per heavy atom. The van der Waals surface area contributed by atoms with Gasteiger partial charge >= 0.3 is 12.4 Å². The van der Waals surface area contributed by atoms with Gasteiger partial charge in [-0.25, -0.2) is 0 Å². The number of alkyl halides is 6. The minimum atomic E-state index is -4.93. The highest BCUT2D eigenvalue weighted by molar-refractivity contribution is 5.83. The van der Waals surface area contributed by atoms with Crippen LogP contribution in [0.3, 0.4) is 0 Å². The van der Waals surface area contributed by atoms with Gasteiger partial charge in [-0.2, -0.15) is 26.3 Å². The van der Waals surface area contributed by atoms with Crippen LogP contribution in [0.1, 0.15) is 48.1 Å². The molecule has 40 heavy (non-hydrogen) atoms. The van der Waals surface area contributed by atoms with Crippen LogP contribution >= 0.6 is 0 Å². The van der Waals surface area contributed by atoms with Crippen molar-refractivity contribution in [2.24, 2.45) is 11.3 Å². The summed E-state index contributed by atoms with van der Waals surface area (Å²) >= 11 is 0. The SMILES string of the molecule is C=C[C@H]1C[N+]2(Cc3cc(C(F)(F)F)cc(C(F)(F)F)c3)CC[C@@]1(C)C[C@H]2[C@H](O)c1ccnc2ccc(OC)cc12. The molecule has 1 unspecified atom stereocenters. The summed E-state index contributed by atoms with van der Waals surface area (Å²) in [6, 6.07) is 8.32. The summed E-state index contributed by atoms with van der Waals surface area (Å²) in [6.07, 6.45) is -6.26. The van der Waals surface area contributed by atoms with Crippen LogP contribution in [0.2, 0.25) is 0 Å². The van der Waals surface area contributed by atoms with Crippen LogP contribution in [0, 0.1) is 11.3 Å². The van der Waals surface area contributed by atoms with Crippen molar-refractivity contribution in [3.05, 3.63) is 83.6 Å². The molecule has 6 rings (SSSR count). The molecule has 10 heteroatoms. The molecule has 1 aromatic heterocycles. The average molecular weight is 566 g/mol. The zero-order valence-corrected chi connectivity index (χ0v) is 22.2. The number of ether oxygens (including phenoxy) is 1. The van der Waals surface area contributed by atoms with Gasteiger partial charge < -0.3 is 14.3 Å². The van der Waals surface area contributed by atoms with Gasteiger partial charge in [0.25, 0.3) is 0 Å². The molecule has 2 bridgehead atoms. The lowest BCUT2D eigenvalue weighted by molar-refractivity contribution is -0.987. The number of nitrogens with zero attached hydrogens (tertiary/aromatic N) is 2. The lowest BCUT2D eigenvalue weighted by Gasteiger charge is -2.62. The molecule has 0 spiro atoms. The smallest absolute Gasteiger partial charge is 0.416 e. The van der Waals surface area contributed by atoms with Gasteiger partial charge in [-0.1, -0.05) is 13.0 Å². The average Bonchev–Trinajstić information content (AvgIpc) is 2.91. The van der Waals surface area contributed by atoms with Crippen LogP contribution in [-0.2, 0) is 18.9 Å². The van der Waals surface area contributed by atoms with E-state index in [-0.39, 0.29) is 34.0 Å². The molecule has 4 nitrogen and oxygen atoms in total. The Hall–Kier alpha value is -3.11. The molecular weight excluding hydrogens is 534 g/mol. The predicted octanol–water partition coefficient (Wildman–Crippen LogP) is 7.32. The van der Waals surface area contributed by atoms with Crippen LogP contribution in [0.5, 0.6) is 5.75 Å². The van der Waals surface area contributed by atoms with Gasteiger partial charge in [0.2, 0.25) is 0 Å². The Balaban J connectivity index is 1.62. The number of hydrogen-bond donors (Lipinski definition) is 1. The standard InChI is InChI=1S/C30H31F6N2O2/c1-4-19-17-38(16-18-11-20(29(31,32)33)13-21(12-18)30(34,35)36)10-8-28(19,2)15-26(38)27(39)23-7-9-37-25-6-5-22(40-3)14-24(23)25/h4-7,9,11-14,19,26-27,39H,1,8,10,15-17H2,2-3H3/q+1/t19-,26-,27+,28-,38?/m0/s1. The number of rotatable bonds is 6. The second-order valence-corrected chi connectivity index (χ2v) is 11.4. The van der Waals surface area contributed by atoms with Crippen molar-refractivity contribution in [1.82, 2.24) is 4.98 Å². The predicted molar refractivity (Wildman–Crippen MR) is 138 cm³/mol. The Kier molecular flexibility index (Phi) is 6.94. The molecule has 0 aliphatic carbocycles. The van der Waals surface area contributed by atoms with Crippen LogP contribution in [-0.4, -0.2) is 40.8 Å². The summed E-state index contributed by atoms with van der Waals surface area (Å²) in [7, 11) is 1.53. The van der Waals surface area contributed by atoms with Crippen LogP contribution in [0.25, 0.3) is 10.9 Å². The van der Waals surface area contributed by atoms with Crippen LogP contribution in [0.4, 0.5) is 26.3 Å². The second kappa shape index (κ2) is 9.76. The van der Waals surface area contributed by atoms with Gasteiger partial charge in [0.1, 0.15) is 24.4 Å². The molecule has 214 valence electrons. The molecule has 3 fully saturated rings. The van der Waals surface area contributed by atoms with Crippen molar-refractivity contribution in [3.63, 3.8) is 0 Å². The van der Waals surface area contributed by atoms with Crippen LogP contribution < -0.4 is 4.74 Å². The Bertz CT molecular complexity index is 1410. The molecular formula is C30H31F6N2O2+. The molecule has 4 heterocycles. The van der Waals surface area contributed by atoms with E-state index >= 15 is 0 Å². The summed E-state index contributed by atoms with van der Waals surface area (Å²) in [5.41, 5.74) is -1.70. The van der Waals surface area contributed by atoms with E-state index < -0.39 is 35.6 Å². The summed E-state index contributed by atoms with van der Waals surface area (Å²) in [5, 5.41) is 12.6. The number of quaternary nitrogens is 1. The fraction of sp³-hybridized carbons (Fsp3) is 0.433. The van der Waals surface area contributed by atoms with Gasteiger partial charge in [-0.15, -0.1) is 6.58 Å². The molecule has 3 aliphatic rings. The van der Waals surface area contributed by atoms with E-state index in [1.165, 1.54) is 7.11 Å². The monoisotopic (exact) mass is 565 g/mol. The number of benzene rings is 2. The number of aromatic nitrogens is 1. The highest BCUT2D eigenvalue weighted by Crippen LogP contribution is 2.55. The van der Waals surface area contributed by atoms with E-state index in [4.69, 9.17) is 4.74 Å². The first kappa shape index (κ1) is 28.4. The van der Waals surface area contributed by atoms with Crippen molar-refractivity contribution in [1.29, 1.82) is 0 Å². The Labute approximate surface area is 228 Å². The van der Waals surface area contributed by atoms with E-state index in [1.54, 1.807) is 30.5 Å². The molecule has 2 aromatic carbocycles. The topological polar surface area (TPSA) is 42.4 Å². The minimum absolute atomic E-state index is 0.00753. The van der Waals surface area contributed by atoms with Gasteiger partial charge in [0, 0.05) is 35.9 Å². The normalized spacial score (nSPS) is 27.5. The molecule has 1 N–H and O–H groups in total. The van der Waals surface area contributed by atoms with Crippen LogP contribution in [0.15, 0.2) is 61.3 Å². The van der Waals surface area contributed by atoms with E-state index in [2.05, 4.69) is 18.5 Å². The highest BCUT2D eigenvalue weighted by atomic mass is 19.4. The number of aliphatic hydroxyl groups is 1. The molecule has 0 radical (unpaired) electrons. The molecule has 3 aliphatic heterocycles. The van der Waals surface area contributed by atoms with E-state index in [0.717, 1.165) is 12.1 Å². The Morgan fingerprint density at radius 3 is 2.38 bits per heavy atom. The van der Waals surface area contributed by atoms with Gasteiger partial charge in [0.15, 0.2) is 0 Å². The van der Waals surface area contributed by atoms with Gasteiger partial charge in [-0.05, 0) is 53.4 Å². The largest absolute Gasteiger partial charge is 0.497 e. The fourth-order valence-corrected chi connectivity index (χ4v) is 6.84. The number of halogens is 6. The van der Waals surface area contributed by atoms with E-state index in [0.29, 0.717) is 48.1 Å². The minimum Gasteiger partial charge on any atom is -0.497 e. The maximum absolute atomic E-state index is 13.7. The van der Waals surface area contributed by atoms with Crippen molar-refractivity contribution >= 4 is 10.9 Å². The lowest BCUT2D eigenvalue weighted by Crippen LogP contribution is -2.70. The fourth-order valence-electron chi connectivity index (χ4n) is 6.84. The number of fused-ring (bicyclic) bond motifs is 4. The number of piperidine rings is 3. The van der Waals surface area contributed by atoms with Crippen molar-refractivity contribution in [2.45, 2.75) is 50.8 Å². The third kappa shape index (κ3) is 4.96. The second-order valence-electron chi connectivity index (χ2n) is 11.4. The van der Waals surface area contributed by atoms with Crippen molar-refractivity contribution in [2.75, 3.05) is 20.2 Å². The van der Waals surface area contributed by atoms with Gasteiger partial charge in [0.05, 0.1) is 36.8 Å². The zero-order valence-electron chi connectivity index (χ0n) is 22.2. The Morgan fingerprint density at radius 2 is 1.77 bits per heavy atom. The van der Waals surface area contributed by atoms with Crippen molar-refractivity contribution in [3.8, 4) is 5.75 Å². The summed E-state index contributed by atoms with van der Waals surface area (Å²) in [6.45, 7) is 6.97. The van der Waals surface area contributed by atoms with E-state index in [9.17, 15) is 31.4 Å². The lowest BCUT2D eigenvalue weighted by atomic mass is 9.61. The summed E-state index contributed by atoms with van der Waals surface area (Å²) in [5.74, 6) is 0.567. The first-order valence-electron chi connectivity index (χ1n) is 13.1. The third-order valence-electron chi connectivity index (χ3n) is 9.06. The number of methoxy groups -OCH3 is 1. The molecule has 0 amide bonds.